The van der Waals surface area contributed by atoms with E-state index >= 15 is 0 Å². The van der Waals surface area contributed by atoms with Crippen molar-refractivity contribution in [3.8, 4) is 11.3 Å². The predicted octanol–water partition coefficient (Wildman–Crippen LogP) is 8.68. The van der Waals surface area contributed by atoms with E-state index in [2.05, 4.69) is 37.0 Å². The van der Waals surface area contributed by atoms with Crippen molar-refractivity contribution in [3.63, 3.8) is 0 Å². The van der Waals surface area contributed by atoms with Gasteiger partial charge in [0.15, 0.2) is 5.78 Å². The van der Waals surface area contributed by atoms with Gasteiger partial charge in [0.2, 0.25) is 0 Å². The number of rotatable bonds is 2. The summed E-state index contributed by atoms with van der Waals surface area (Å²) < 4.78 is 41.4. The molecule has 1 aromatic heterocycles. The van der Waals surface area contributed by atoms with Crippen LogP contribution in [0.4, 0.5) is 13.2 Å². The van der Waals surface area contributed by atoms with Crippen LogP contribution >= 0.6 is 0 Å². The molecule has 1 N–H and O–H groups in total. The zero-order valence-corrected chi connectivity index (χ0v) is 23.6. The Labute approximate surface area is 232 Å². The second-order valence-electron chi connectivity index (χ2n) is 8.96. The molecule has 0 amide bonds. The minimum Gasteiger partial charge on any atom is -0.512 e. The first kappa shape index (κ1) is 29.0. The normalized spacial score (nSPS) is 11.7. The van der Waals surface area contributed by atoms with E-state index in [1.54, 1.807) is 24.4 Å². The number of carbonyl (C=O) groups is 1. The van der Waals surface area contributed by atoms with E-state index < -0.39 is 11.7 Å². The fourth-order valence-electron chi connectivity index (χ4n) is 4.43. The number of aryl methyl sites for hydroxylation is 2. The summed E-state index contributed by atoms with van der Waals surface area (Å²) in [6.07, 6.45) is -1.64. The van der Waals surface area contributed by atoms with Gasteiger partial charge in [-0.1, -0.05) is 53.4 Å². The molecule has 3 nitrogen and oxygen atoms in total. The van der Waals surface area contributed by atoms with Crippen molar-refractivity contribution in [3.05, 3.63) is 101 Å². The molecule has 5 rings (SSSR count). The number of alkyl halides is 3. The van der Waals surface area contributed by atoms with Gasteiger partial charge < -0.3 is 5.11 Å². The summed E-state index contributed by atoms with van der Waals surface area (Å²) in [5.41, 5.74) is 2.58. The molecule has 0 fully saturated rings. The number of aliphatic hydroxyl groups excluding tert-OH is 1. The summed E-state index contributed by atoms with van der Waals surface area (Å²) in [6.45, 7) is 7.00. The fourth-order valence-corrected chi connectivity index (χ4v) is 4.43. The molecule has 0 spiro atoms. The number of aliphatic hydroxyl groups is 1. The molecule has 0 aliphatic heterocycles. The van der Waals surface area contributed by atoms with E-state index in [0.29, 0.717) is 16.6 Å². The number of pyridine rings is 1. The van der Waals surface area contributed by atoms with Gasteiger partial charge in [0.05, 0.1) is 5.76 Å². The SMILES string of the molecule is CC(=O)/C=C(/C)O.Cc1ccc2c(ccc3c(-c4[c-]c5ccccc5c(C(F)(F)F)c4)nccc32)c1C.[Ir]. The van der Waals surface area contributed by atoms with Gasteiger partial charge in [0.25, 0.3) is 0 Å². The summed E-state index contributed by atoms with van der Waals surface area (Å²) >= 11 is 0. The van der Waals surface area contributed by atoms with Crippen molar-refractivity contribution in [1.82, 2.24) is 4.98 Å². The Hall–Kier alpha value is -3.54. The summed E-state index contributed by atoms with van der Waals surface area (Å²) in [5.74, 6) is -0.0625. The van der Waals surface area contributed by atoms with Gasteiger partial charge in [-0.3, -0.25) is 9.78 Å². The number of hydrogen-bond donors (Lipinski definition) is 1. The van der Waals surface area contributed by atoms with Crippen LogP contribution < -0.4 is 0 Å². The first-order valence-corrected chi connectivity index (χ1v) is 11.7. The van der Waals surface area contributed by atoms with Crippen molar-refractivity contribution in [2.45, 2.75) is 33.9 Å². The van der Waals surface area contributed by atoms with Crippen molar-refractivity contribution in [1.29, 1.82) is 0 Å². The Kier molecular flexibility index (Phi) is 8.75. The number of benzene rings is 4. The topological polar surface area (TPSA) is 50.2 Å². The standard InChI is InChI=1S/C26H17F3N.C5H8O2.Ir/c1-15-7-8-21-19(16(15)2)9-10-23-22(21)11-12-30-25(23)18-13-17-5-3-4-6-20(17)24(14-18)26(27,28)29;1-4(6)3-5(2)7;/h3-12,14H,1-2H3;3,6H,1-2H3;/q-1;;/b;4-3-;. The Morgan fingerprint density at radius 2 is 1.53 bits per heavy atom. The average molecular weight is 693 g/mol. The van der Waals surface area contributed by atoms with Crippen LogP contribution in [-0.2, 0) is 31.1 Å². The molecule has 197 valence electrons. The van der Waals surface area contributed by atoms with Crippen LogP contribution in [0.25, 0.3) is 43.6 Å². The van der Waals surface area contributed by atoms with Crippen molar-refractivity contribution >= 4 is 38.1 Å². The van der Waals surface area contributed by atoms with Gasteiger partial charge in [-0.15, -0.1) is 23.6 Å². The summed E-state index contributed by atoms with van der Waals surface area (Å²) in [5, 5.41) is 12.9. The molecule has 0 aliphatic carbocycles. The number of fused-ring (bicyclic) bond motifs is 4. The summed E-state index contributed by atoms with van der Waals surface area (Å²) in [7, 11) is 0. The van der Waals surface area contributed by atoms with Gasteiger partial charge in [-0.2, -0.15) is 13.2 Å². The van der Waals surface area contributed by atoms with Gasteiger partial charge in [-0.05, 0) is 72.0 Å². The van der Waals surface area contributed by atoms with E-state index in [1.807, 2.05) is 18.2 Å². The Morgan fingerprint density at radius 1 is 0.895 bits per heavy atom. The van der Waals surface area contributed by atoms with Crippen molar-refractivity contribution in [2.24, 2.45) is 0 Å². The first-order chi connectivity index (χ1) is 17.5. The van der Waals surface area contributed by atoms with Gasteiger partial charge in [0, 0.05) is 38.1 Å². The average Bonchev–Trinajstić information content (AvgIpc) is 2.84. The van der Waals surface area contributed by atoms with Crippen LogP contribution in [0.5, 0.6) is 0 Å². The third-order valence-electron chi connectivity index (χ3n) is 6.23. The third-order valence-corrected chi connectivity index (χ3v) is 6.23. The molecule has 1 radical (unpaired) electrons. The van der Waals surface area contributed by atoms with Crippen LogP contribution in [-0.4, -0.2) is 15.9 Å². The second kappa shape index (κ2) is 11.5. The van der Waals surface area contributed by atoms with Gasteiger partial charge in [0.1, 0.15) is 0 Å². The maximum atomic E-state index is 13.8. The third kappa shape index (κ3) is 5.95. The number of allylic oxidation sites excluding steroid dienone is 2. The zero-order valence-electron chi connectivity index (χ0n) is 21.2. The Morgan fingerprint density at radius 3 is 2.16 bits per heavy atom. The van der Waals surface area contributed by atoms with Crippen LogP contribution in [0.3, 0.4) is 0 Å². The van der Waals surface area contributed by atoms with E-state index in [4.69, 9.17) is 5.11 Å². The maximum absolute atomic E-state index is 13.8. The molecule has 38 heavy (non-hydrogen) atoms. The monoisotopic (exact) mass is 693 g/mol. The smallest absolute Gasteiger partial charge is 0.403 e. The number of nitrogens with zero attached hydrogens (tertiary/aromatic N) is 1. The van der Waals surface area contributed by atoms with Crippen LogP contribution in [0.15, 0.2) is 78.7 Å². The molecule has 7 heteroatoms. The number of aromatic nitrogens is 1. The number of halogens is 3. The minimum absolute atomic E-state index is 0. The van der Waals surface area contributed by atoms with Crippen LogP contribution in [0, 0.1) is 19.9 Å². The fraction of sp³-hybridized carbons (Fsp3) is 0.161. The summed E-state index contributed by atoms with van der Waals surface area (Å²) in [4.78, 5) is 14.5. The van der Waals surface area contributed by atoms with Crippen LogP contribution in [0.2, 0.25) is 0 Å². The molecule has 0 bridgehead atoms. The molecular weight excluding hydrogens is 668 g/mol. The predicted molar refractivity (Wildman–Crippen MR) is 143 cm³/mol. The van der Waals surface area contributed by atoms with E-state index in [9.17, 15) is 18.0 Å². The molecule has 0 saturated carbocycles. The molecular formula is C31H25F3IrNO2-. The number of carbonyl (C=O) groups excluding carboxylic acids is 1. The number of ketones is 1. The zero-order chi connectivity index (χ0) is 26.9. The second-order valence-corrected chi connectivity index (χ2v) is 8.96. The van der Waals surface area contributed by atoms with Crippen molar-refractivity contribution in [2.75, 3.05) is 0 Å². The van der Waals surface area contributed by atoms with E-state index in [-0.39, 0.29) is 37.0 Å². The van der Waals surface area contributed by atoms with E-state index in [0.717, 1.165) is 27.6 Å². The number of hydrogen-bond acceptors (Lipinski definition) is 3. The molecule has 1 heterocycles. The largest absolute Gasteiger partial charge is 0.512 e. The maximum Gasteiger partial charge on any atom is 0.403 e. The minimum atomic E-state index is -4.46. The first-order valence-electron chi connectivity index (χ1n) is 11.7. The quantitative estimate of drug-likeness (QED) is 0.0872. The van der Waals surface area contributed by atoms with Crippen LogP contribution in [0.1, 0.15) is 30.5 Å². The Balaban J connectivity index is 0.000000444. The molecule has 5 aromatic rings. The van der Waals surface area contributed by atoms with Crippen molar-refractivity contribution < 1.29 is 43.2 Å². The Bertz CT molecular complexity index is 1690. The van der Waals surface area contributed by atoms with E-state index in [1.165, 1.54) is 37.1 Å². The molecule has 4 aromatic carbocycles. The molecule has 0 unspecified atom stereocenters. The van der Waals surface area contributed by atoms with Gasteiger partial charge in [-0.25, -0.2) is 0 Å². The molecule has 0 aliphatic rings. The molecule has 0 atom stereocenters. The molecule has 0 saturated heterocycles. The summed E-state index contributed by atoms with van der Waals surface area (Å²) in [6, 6.07) is 20.8. The van der Waals surface area contributed by atoms with Gasteiger partial charge >= 0.3 is 6.18 Å².